The van der Waals surface area contributed by atoms with Crippen LogP contribution in [-0.2, 0) is 4.79 Å². The van der Waals surface area contributed by atoms with Gasteiger partial charge >= 0.3 is 0 Å². The summed E-state index contributed by atoms with van der Waals surface area (Å²) >= 11 is 2.00. The smallest absolute Gasteiger partial charge is 0.236 e. The van der Waals surface area contributed by atoms with Crippen LogP contribution < -0.4 is 5.32 Å². The molecule has 0 bridgehead atoms. The number of thioether (sulfide) groups is 1. The van der Waals surface area contributed by atoms with Crippen molar-refractivity contribution in [3.63, 3.8) is 0 Å². The Labute approximate surface area is 103 Å². The van der Waals surface area contributed by atoms with Crippen molar-refractivity contribution in [2.45, 2.75) is 44.9 Å². The van der Waals surface area contributed by atoms with Gasteiger partial charge in [0.2, 0.25) is 5.91 Å². The normalized spacial score (nSPS) is 23.2. The van der Waals surface area contributed by atoms with Crippen LogP contribution in [0, 0.1) is 0 Å². The van der Waals surface area contributed by atoms with Crippen molar-refractivity contribution in [1.82, 2.24) is 10.2 Å². The lowest BCUT2D eigenvalue weighted by atomic mass is 10.2. The van der Waals surface area contributed by atoms with Crippen LogP contribution in [0.2, 0.25) is 0 Å². The van der Waals surface area contributed by atoms with Crippen LogP contribution in [0.4, 0.5) is 0 Å². The molecule has 2 unspecified atom stereocenters. The fourth-order valence-corrected chi connectivity index (χ4v) is 2.89. The molecule has 0 saturated carbocycles. The SMILES string of the molecule is CCC(C)NCC(=O)N1CCSC(CC)C1. The molecule has 1 amide bonds. The lowest BCUT2D eigenvalue weighted by Gasteiger charge is -2.32. The molecule has 1 heterocycles. The summed E-state index contributed by atoms with van der Waals surface area (Å²) in [7, 11) is 0. The summed E-state index contributed by atoms with van der Waals surface area (Å²) in [4.78, 5) is 13.9. The highest BCUT2D eigenvalue weighted by Gasteiger charge is 2.22. The first kappa shape index (κ1) is 13.8. The summed E-state index contributed by atoms with van der Waals surface area (Å²) in [5, 5.41) is 3.90. The Kier molecular flexibility index (Phi) is 6.21. The van der Waals surface area contributed by atoms with Gasteiger partial charge in [-0.1, -0.05) is 13.8 Å². The van der Waals surface area contributed by atoms with E-state index in [1.807, 2.05) is 16.7 Å². The van der Waals surface area contributed by atoms with E-state index in [4.69, 9.17) is 0 Å². The molecule has 3 nitrogen and oxygen atoms in total. The van der Waals surface area contributed by atoms with E-state index in [1.165, 1.54) is 0 Å². The van der Waals surface area contributed by atoms with Crippen molar-refractivity contribution in [3.05, 3.63) is 0 Å². The Morgan fingerprint density at radius 2 is 2.31 bits per heavy atom. The van der Waals surface area contributed by atoms with Gasteiger partial charge in [-0.15, -0.1) is 0 Å². The zero-order valence-electron chi connectivity index (χ0n) is 10.7. The molecule has 94 valence electrons. The molecule has 4 heteroatoms. The third-order valence-electron chi connectivity index (χ3n) is 3.16. The van der Waals surface area contributed by atoms with Crippen molar-refractivity contribution in [2.24, 2.45) is 0 Å². The van der Waals surface area contributed by atoms with Gasteiger partial charge in [-0.25, -0.2) is 0 Å². The molecule has 0 spiro atoms. The van der Waals surface area contributed by atoms with Crippen LogP contribution in [0.5, 0.6) is 0 Å². The van der Waals surface area contributed by atoms with Crippen LogP contribution in [0.25, 0.3) is 0 Å². The molecule has 0 aromatic rings. The topological polar surface area (TPSA) is 32.3 Å². The molecular formula is C12H24N2OS. The average Bonchev–Trinajstić information content (AvgIpc) is 2.35. The summed E-state index contributed by atoms with van der Waals surface area (Å²) in [5.41, 5.74) is 0. The number of hydrogen-bond acceptors (Lipinski definition) is 3. The first-order valence-electron chi connectivity index (χ1n) is 6.30. The van der Waals surface area contributed by atoms with E-state index >= 15 is 0 Å². The minimum atomic E-state index is 0.263. The zero-order chi connectivity index (χ0) is 12.0. The third kappa shape index (κ3) is 4.34. The predicted octanol–water partition coefficient (Wildman–Crippen LogP) is 1.73. The minimum absolute atomic E-state index is 0.263. The van der Waals surface area contributed by atoms with Gasteiger partial charge in [0, 0.05) is 30.1 Å². The van der Waals surface area contributed by atoms with Crippen LogP contribution >= 0.6 is 11.8 Å². The van der Waals surface area contributed by atoms with Gasteiger partial charge < -0.3 is 10.2 Å². The van der Waals surface area contributed by atoms with Gasteiger partial charge in [0.25, 0.3) is 0 Å². The Hall–Kier alpha value is -0.220. The maximum Gasteiger partial charge on any atom is 0.236 e. The highest BCUT2D eigenvalue weighted by Crippen LogP contribution is 2.20. The molecular weight excluding hydrogens is 220 g/mol. The van der Waals surface area contributed by atoms with Gasteiger partial charge in [-0.3, -0.25) is 4.79 Å². The van der Waals surface area contributed by atoms with E-state index in [-0.39, 0.29) is 5.91 Å². The first-order chi connectivity index (χ1) is 7.67. The lowest BCUT2D eigenvalue weighted by molar-refractivity contribution is -0.130. The molecule has 0 aromatic carbocycles. The number of hydrogen-bond donors (Lipinski definition) is 1. The van der Waals surface area contributed by atoms with E-state index in [2.05, 4.69) is 26.1 Å². The molecule has 1 N–H and O–H groups in total. The van der Waals surface area contributed by atoms with Gasteiger partial charge in [0.1, 0.15) is 0 Å². The minimum Gasteiger partial charge on any atom is -0.340 e. The first-order valence-corrected chi connectivity index (χ1v) is 7.35. The van der Waals surface area contributed by atoms with Crippen molar-refractivity contribution in [3.8, 4) is 0 Å². The molecule has 0 radical (unpaired) electrons. The zero-order valence-corrected chi connectivity index (χ0v) is 11.5. The maximum atomic E-state index is 11.9. The largest absolute Gasteiger partial charge is 0.340 e. The second-order valence-corrected chi connectivity index (χ2v) is 5.84. The third-order valence-corrected chi connectivity index (χ3v) is 4.53. The summed E-state index contributed by atoms with van der Waals surface area (Å²) < 4.78 is 0. The van der Waals surface area contributed by atoms with Crippen LogP contribution in [0.1, 0.15) is 33.6 Å². The van der Waals surface area contributed by atoms with Crippen molar-refractivity contribution >= 4 is 17.7 Å². The molecule has 0 aromatic heterocycles. The molecule has 1 aliphatic heterocycles. The molecule has 1 rings (SSSR count). The Balaban J connectivity index is 2.30. The Bertz CT molecular complexity index is 223. The molecule has 1 aliphatic rings. The molecule has 0 aliphatic carbocycles. The second kappa shape index (κ2) is 7.17. The highest BCUT2D eigenvalue weighted by atomic mass is 32.2. The van der Waals surface area contributed by atoms with E-state index in [0.29, 0.717) is 17.8 Å². The predicted molar refractivity (Wildman–Crippen MR) is 70.9 cm³/mol. The number of carbonyl (C=O) groups is 1. The molecule has 16 heavy (non-hydrogen) atoms. The molecule has 1 fully saturated rings. The van der Waals surface area contributed by atoms with Crippen LogP contribution in [0.3, 0.4) is 0 Å². The van der Waals surface area contributed by atoms with Crippen molar-refractivity contribution in [2.75, 3.05) is 25.4 Å². The van der Waals surface area contributed by atoms with E-state index < -0.39 is 0 Å². The standard InChI is InChI=1S/C12H24N2OS/c1-4-10(3)13-8-12(15)14-6-7-16-11(5-2)9-14/h10-11,13H,4-9H2,1-3H3. The molecule has 2 atom stereocenters. The lowest BCUT2D eigenvalue weighted by Crippen LogP contribution is -2.46. The van der Waals surface area contributed by atoms with Crippen molar-refractivity contribution in [1.29, 1.82) is 0 Å². The van der Waals surface area contributed by atoms with E-state index in [0.717, 1.165) is 31.7 Å². The van der Waals surface area contributed by atoms with E-state index in [9.17, 15) is 4.79 Å². The number of nitrogens with zero attached hydrogens (tertiary/aromatic N) is 1. The maximum absolute atomic E-state index is 11.9. The number of nitrogens with one attached hydrogen (secondary N) is 1. The van der Waals surface area contributed by atoms with Crippen LogP contribution in [-0.4, -0.2) is 47.5 Å². The molecule has 1 saturated heterocycles. The summed E-state index contributed by atoms with van der Waals surface area (Å²) in [5.74, 6) is 1.35. The summed E-state index contributed by atoms with van der Waals surface area (Å²) in [6, 6.07) is 0.435. The fraction of sp³-hybridized carbons (Fsp3) is 0.917. The van der Waals surface area contributed by atoms with Gasteiger partial charge in [0.05, 0.1) is 6.54 Å². The van der Waals surface area contributed by atoms with E-state index in [1.54, 1.807) is 0 Å². The monoisotopic (exact) mass is 244 g/mol. The Morgan fingerprint density at radius 3 is 2.94 bits per heavy atom. The van der Waals surface area contributed by atoms with Gasteiger partial charge in [0.15, 0.2) is 0 Å². The second-order valence-electron chi connectivity index (χ2n) is 4.43. The fourth-order valence-electron chi connectivity index (χ4n) is 1.71. The highest BCUT2D eigenvalue weighted by molar-refractivity contribution is 8.00. The number of rotatable bonds is 5. The number of carbonyl (C=O) groups excluding carboxylic acids is 1. The van der Waals surface area contributed by atoms with Crippen LogP contribution in [0.15, 0.2) is 0 Å². The Morgan fingerprint density at radius 1 is 1.56 bits per heavy atom. The van der Waals surface area contributed by atoms with Crippen molar-refractivity contribution < 1.29 is 4.79 Å². The van der Waals surface area contributed by atoms with Gasteiger partial charge in [-0.2, -0.15) is 11.8 Å². The summed E-state index contributed by atoms with van der Waals surface area (Å²) in [6.45, 7) is 8.80. The average molecular weight is 244 g/mol. The quantitative estimate of drug-likeness (QED) is 0.799. The summed E-state index contributed by atoms with van der Waals surface area (Å²) in [6.07, 6.45) is 2.23. The number of amides is 1. The van der Waals surface area contributed by atoms with Gasteiger partial charge in [-0.05, 0) is 19.8 Å².